The standard InChI is InChI=1S/C19H21BrN4O5S/c1-14-2-7-17(24(26)27)12-18(14)30(28,29)23-10-8-22(9-11-23)13-19(25)21-16-5-3-15(20)4-6-16/h2-7,12H,8-11,13H2,1H3,(H,21,25). The SMILES string of the molecule is Cc1ccc([N+](=O)[O-])cc1S(=O)(=O)N1CCN(CC(=O)Nc2ccc(Br)cc2)CC1. The van der Waals surface area contributed by atoms with Gasteiger partial charge in [-0.3, -0.25) is 19.8 Å². The van der Waals surface area contributed by atoms with Crippen molar-refractivity contribution in [1.29, 1.82) is 0 Å². The highest BCUT2D eigenvalue weighted by atomic mass is 79.9. The van der Waals surface area contributed by atoms with Crippen molar-refractivity contribution in [2.45, 2.75) is 11.8 Å². The van der Waals surface area contributed by atoms with Gasteiger partial charge in [0.2, 0.25) is 15.9 Å². The summed E-state index contributed by atoms with van der Waals surface area (Å²) in [6.45, 7) is 2.95. The van der Waals surface area contributed by atoms with Gasteiger partial charge in [-0.25, -0.2) is 8.42 Å². The molecule has 1 heterocycles. The molecule has 0 atom stereocenters. The lowest BCUT2D eigenvalue weighted by molar-refractivity contribution is -0.385. The first-order chi connectivity index (χ1) is 14.2. The predicted molar refractivity (Wildman–Crippen MR) is 116 cm³/mol. The average molecular weight is 497 g/mol. The fourth-order valence-electron chi connectivity index (χ4n) is 3.18. The van der Waals surface area contributed by atoms with E-state index >= 15 is 0 Å². The van der Waals surface area contributed by atoms with E-state index in [9.17, 15) is 23.3 Å². The van der Waals surface area contributed by atoms with Crippen LogP contribution in [-0.2, 0) is 14.8 Å². The third-order valence-electron chi connectivity index (χ3n) is 4.83. The summed E-state index contributed by atoms with van der Waals surface area (Å²) in [5.41, 5.74) is 0.880. The second-order valence-electron chi connectivity index (χ2n) is 6.94. The van der Waals surface area contributed by atoms with Crippen LogP contribution in [-0.4, -0.2) is 61.2 Å². The van der Waals surface area contributed by atoms with E-state index in [1.807, 2.05) is 17.0 Å². The van der Waals surface area contributed by atoms with Crippen molar-refractivity contribution in [2.75, 3.05) is 38.0 Å². The maximum Gasteiger partial charge on any atom is 0.270 e. The van der Waals surface area contributed by atoms with Crippen molar-refractivity contribution in [1.82, 2.24) is 9.21 Å². The Morgan fingerprint density at radius 1 is 1.13 bits per heavy atom. The highest BCUT2D eigenvalue weighted by molar-refractivity contribution is 9.10. The van der Waals surface area contributed by atoms with Crippen molar-refractivity contribution in [3.63, 3.8) is 0 Å². The fraction of sp³-hybridized carbons (Fsp3) is 0.316. The molecule has 0 bridgehead atoms. The lowest BCUT2D eigenvalue weighted by Gasteiger charge is -2.33. The highest BCUT2D eigenvalue weighted by Gasteiger charge is 2.31. The Morgan fingerprint density at radius 2 is 1.77 bits per heavy atom. The molecule has 1 fully saturated rings. The summed E-state index contributed by atoms with van der Waals surface area (Å²) in [4.78, 5) is 24.5. The zero-order valence-electron chi connectivity index (χ0n) is 16.2. The molecule has 1 amide bonds. The average Bonchev–Trinajstić information content (AvgIpc) is 2.70. The van der Waals surface area contributed by atoms with E-state index in [0.29, 0.717) is 24.3 Å². The van der Waals surface area contributed by atoms with E-state index in [0.717, 1.165) is 10.5 Å². The molecular weight excluding hydrogens is 476 g/mol. The van der Waals surface area contributed by atoms with Crippen molar-refractivity contribution < 1.29 is 18.1 Å². The molecule has 30 heavy (non-hydrogen) atoms. The number of anilines is 1. The summed E-state index contributed by atoms with van der Waals surface area (Å²) in [5, 5.41) is 13.8. The van der Waals surface area contributed by atoms with Crippen molar-refractivity contribution in [2.24, 2.45) is 0 Å². The summed E-state index contributed by atoms with van der Waals surface area (Å²) >= 11 is 3.34. The molecule has 3 rings (SSSR count). The number of nitrogens with one attached hydrogen (secondary N) is 1. The van der Waals surface area contributed by atoms with E-state index in [4.69, 9.17) is 0 Å². The Morgan fingerprint density at radius 3 is 2.37 bits per heavy atom. The summed E-state index contributed by atoms with van der Waals surface area (Å²) < 4.78 is 28.2. The molecule has 0 unspecified atom stereocenters. The van der Waals surface area contributed by atoms with Gasteiger partial charge in [0.05, 0.1) is 16.4 Å². The molecular formula is C19H21BrN4O5S. The Kier molecular flexibility index (Phi) is 6.86. The molecule has 0 aliphatic carbocycles. The number of nitrogens with zero attached hydrogens (tertiary/aromatic N) is 3. The van der Waals surface area contributed by atoms with Gasteiger partial charge in [-0.05, 0) is 36.8 Å². The molecule has 1 saturated heterocycles. The third-order valence-corrected chi connectivity index (χ3v) is 7.40. The Labute approximate surface area is 183 Å². The molecule has 1 aliphatic heterocycles. The van der Waals surface area contributed by atoms with Gasteiger partial charge >= 0.3 is 0 Å². The van der Waals surface area contributed by atoms with E-state index in [1.54, 1.807) is 19.1 Å². The molecule has 0 aromatic heterocycles. The zero-order chi connectivity index (χ0) is 21.9. The second kappa shape index (κ2) is 9.21. The van der Waals surface area contributed by atoms with Crippen LogP contribution in [0, 0.1) is 17.0 Å². The Hall–Kier alpha value is -2.34. The smallest absolute Gasteiger partial charge is 0.270 e. The normalized spacial score (nSPS) is 15.7. The van der Waals surface area contributed by atoms with Gasteiger partial charge < -0.3 is 5.32 Å². The maximum absolute atomic E-state index is 13.0. The van der Waals surface area contributed by atoms with Gasteiger partial charge in [-0.15, -0.1) is 0 Å². The first-order valence-electron chi connectivity index (χ1n) is 9.20. The number of rotatable bonds is 6. The number of carbonyl (C=O) groups is 1. The van der Waals surface area contributed by atoms with Gasteiger partial charge in [0.15, 0.2) is 0 Å². The number of benzene rings is 2. The Bertz CT molecular complexity index is 1050. The molecule has 0 radical (unpaired) electrons. The molecule has 2 aromatic rings. The van der Waals surface area contributed by atoms with E-state index in [-0.39, 0.29) is 36.1 Å². The monoisotopic (exact) mass is 496 g/mol. The van der Waals surface area contributed by atoms with Gasteiger partial charge in [-0.2, -0.15) is 4.31 Å². The van der Waals surface area contributed by atoms with Crippen LogP contribution in [0.2, 0.25) is 0 Å². The van der Waals surface area contributed by atoms with E-state index in [1.165, 1.54) is 16.4 Å². The van der Waals surface area contributed by atoms with Crippen molar-refractivity contribution in [3.05, 3.63) is 62.6 Å². The molecule has 2 aromatic carbocycles. The van der Waals surface area contributed by atoms with Crippen LogP contribution < -0.4 is 5.32 Å². The molecule has 1 N–H and O–H groups in total. The first-order valence-corrected chi connectivity index (χ1v) is 11.4. The maximum atomic E-state index is 13.0. The van der Waals surface area contributed by atoms with Crippen molar-refractivity contribution >= 4 is 43.2 Å². The summed E-state index contributed by atoms with van der Waals surface area (Å²) in [6, 6.07) is 11.1. The number of nitro groups is 1. The van der Waals surface area contributed by atoms with E-state index in [2.05, 4.69) is 21.2 Å². The third kappa shape index (κ3) is 5.22. The number of halogens is 1. The molecule has 1 aliphatic rings. The van der Waals surface area contributed by atoms with Crippen LogP contribution >= 0.6 is 15.9 Å². The van der Waals surface area contributed by atoms with Gasteiger partial charge in [0.1, 0.15) is 0 Å². The molecule has 9 nitrogen and oxygen atoms in total. The van der Waals surface area contributed by atoms with Crippen LogP contribution in [0.3, 0.4) is 0 Å². The number of aryl methyl sites for hydroxylation is 1. The van der Waals surface area contributed by atoms with Crippen molar-refractivity contribution in [3.8, 4) is 0 Å². The minimum absolute atomic E-state index is 0.0573. The first kappa shape index (κ1) is 22.3. The minimum Gasteiger partial charge on any atom is -0.325 e. The zero-order valence-corrected chi connectivity index (χ0v) is 18.6. The highest BCUT2D eigenvalue weighted by Crippen LogP contribution is 2.25. The number of hydrogen-bond acceptors (Lipinski definition) is 6. The number of piperazine rings is 1. The number of nitro benzene ring substituents is 1. The molecule has 160 valence electrons. The van der Waals surface area contributed by atoms with Crippen LogP contribution in [0.5, 0.6) is 0 Å². The largest absolute Gasteiger partial charge is 0.325 e. The number of non-ortho nitro benzene ring substituents is 1. The number of hydrogen-bond donors (Lipinski definition) is 1. The number of sulfonamides is 1. The summed E-state index contributed by atoms with van der Waals surface area (Å²) in [5.74, 6) is -0.178. The fourth-order valence-corrected chi connectivity index (χ4v) is 5.12. The minimum atomic E-state index is -3.86. The predicted octanol–water partition coefficient (Wildman–Crippen LogP) is 2.61. The molecule has 0 spiro atoms. The molecule has 0 saturated carbocycles. The van der Waals surface area contributed by atoms with Gasteiger partial charge in [0, 0.05) is 48.5 Å². The van der Waals surface area contributed by atoms with Crippen LogP contribution in [0.15, 0.2) is 51.8 Å². The summed E-state index contributed by atoms with van der Waals surface area (Å²) in [7, 11) is -3.86. The number of carbonyl (C=O) groups excluding carboxylic acids is 1. The molecule has 11 heteroatoms. The summed E-state index contributed by atoms with van der Waals surface area (Å²) in [6.07, 6.45) is 0. The topological polar surface area (TPSA) is 113 Å². The van der Waals surface area contributed by atoms with Crippen LogP contribution in [0.4, 0.5) is 11.4 Å². The van der Waals surface area contributed by atoms with Crippen LogP contribution in [0.1, 0.15) is 5.56 Å². The lowest BCUT2D eigenvalue weighted by Crippen LogP contribution is -2.50. The Balaban J connectivity index is 1.61. The quantitative estimate of drug-likeness (QED) is 0.485. The second-order valence-corrected chi connectivity index (χ2v) is 9.76. The van der Waals surface area contributed by atoms with Gasteiger partial charge in [-0.1, -0.05) is 22.0 Å². The van der Waals surface area contributed by atoms with Gasteiger partial charge in [0.25, 0.3) is 5.69 Å². The number of amides is 1. The van der Waals surface area contributed by atoms with Crippen LogP contribution in [0.25, 0.3) is 0 Å². The van der Waals surface area contributed by atoms with E-state index < -0.39 is 14.9 Å². The lowest BCUT2D eigenvalue weighted by atomic mass is 10.2.